The molecule has 0 spiro atoms. The van der Waals surface area contributed by atoms with Crippen LogP contribution in [0, 0.1) is 23.3 Å². The van der Waals surface area contributed by atoms with E-state index in [0.717, 1.165) is 0 Å². The number of ether oxygens (including phenoxy) is 1. The van der Waals surface area contributed by atoms with Crippen molar-refractivity contribution in [1.82, 2.24) is 0 Å². The van der Waals surface area contributed by atoms with Crippen molar-refractivity contribution < 1.29 is 129 Å². The molecule has 0 aliphatic carbocycles. The van der Waals surface area contributed by atoms with Crippen molar-refractivity contribution in [3.05, 3.63) is 35.1 Å². The second-order valence-electron chi connectivity index (χ2n) is 7.00. The van der Waals surface area contributed by atoms with Crippen molar-refractivity contribution in [3.63, 3.8) is 0 Å². The van der Waals surface area contributed by atoms with Crippen LogP contribution in [0.25, 0.3) is 0 Å². The van der Waals surface area contributed by atoms with Crippen LogP contribution in [0.1, 0.15) is 0 Å². The minimum absolute atomic E-state index is 0. The molecule has 27 heteroatoms. The van der Waals surface area contributed by atoms with Crippen molar-refractivity contribution >= 4 is 10.1 Å². The number of alkyl halides is 15. The molecule has 4 nitrogen and oxygen atoms in total. The van der Waals surface area contributed by atoms with Gasteiger partial charge in [-0.25, -0.2) is 21.6 Å². The van der Waals surface area contributed by atoms with Gasteiger partial charge in [0.25, 0.3) is 0 Å². The molecule has 0 atom stereocenters. The Bertz CT molecular complexity index is 1350. The predicted octanol–water partition coefficient (Wildman–Crippen LogP) is 4.01. The summed E-state index contributed by atoms with van der Waals surface area (Å²) in [5.41, 5.74) is 0. The predicted molar refractivity (Wildman–Crippen MR) is 79.8 cm³/mol. The second-order valence-corrected chi connectivity index (χ2v) is 8.32. The Morgan fingerprint density at radius 1 is 0.571 bits per heavy atom. The molecule has 0 unspecified atom stereocenters. The number of hydrogen-bond donors (Lipinski definition) is 0. The number of hydrogen-bond acceptors (Lipinski definition) is 4. The van der Waals surface area contributed by atoms with Crippen LogP contribution in [0.3, 0.4) is 0 Å². The monoisotopic (exact) mass is 682 g/mol. The van der Waals surface area contributed by atoms with Gasteiger partial charge in [0.1, 0.15) is 15.0 Å². The van der Waals surface area contributed by atoms with Gasteiger partial charge in [-0.15, -0.1) is 0 Å². The van der Waals surface area contributed by atoms with E-state index in [9.17, 15) is 105 Å². The van der Waals surface area contributed by atoms with Crippen molar-refractivity contribution in [2.75, 3.05) is 0 Å². The van der Waals surface area contributed by atoms with E-state index >= 15 is 0 Å². The maximum absolute atomic E-state index is 13.7. The van der Waals surface area contributed by atoms with Crippen LogP contribution in [0.5, 0.6) is 5.75 Å². The number of rotatable bonds is 9. The second kappa shape index (κ2) is 11.1. The first-order chi connectivity index (χ1) is 17.7. The molecule has 0 heterocycles. The summed E-state index contributed by atoms with van der Waals surface area (Å²) in [4.78, 5) is -3.31. The van der Waals surface area contributed by atoms with Gasteiger partial charge in [-0.2, -0.15) is 79.0 Å². The van der Waals surface area contributed by atoms with Crippen LogP contribution >= 0.6 is 0 Å². The fraction of sp³-hybridized carbons (Fsp3) is 0.467. The molecular weight excluding hydrogens is 682 g/mol. The van der Waals surface area contributed by atoms with E-state index in [1.165, 1.54) is 0 Å². The van der Waals surface area contributed by atoms with Crippen molar-refractivity contribution in [2.24, 2.45) is 0 Å². The van der Waals surface area contributed by atoms with Gasteiger partial charge in [-0.1, -0.05) is 0 Å². The Morgan fingerprint density at radius 2 is 0.905 bits per heavy atom. The summed E-state index contributed by atoms with van der Waals surface area (Å²) in [6.07, 6.45) is -7.98. The number of halogens is 21. The number of allylic oxidation sites excluding steroid dienone is 1. The molecule has 0 amide bonds. The Balaban J connectivity index is 0.0000168. The van der Waals surface area contributed by atoms with Crippen LogP contribution in [0.15, 0.2) is 16.7 Å². The first-order valence-corrected chi connectivity index (χ1v) is 9.99. The molecule has 1 aromatic rings. The van der Waals surface area contributed by atoms with Crippen LogP contribution < -0.4 is 23.6 Å². The van der Waals surface area contributed by atoms with Gasteiger partial charge in [0.2, 0.25) is 17.5 Å². The molecule has 0 aromatic heterocycles. The molecule has 0 aliphatic heterocycles. The van der Waals surface area contributed by atoms with E-state index in [4.69, 9.17) is 0 Å². The molecule has 0 saturated carbocycles. The molecular formula is C15F21LiO4S. The Hall–Kier alpha value is -2.20. The van der Waals surface area contributed by atoms with E-state index in [1.807, 2.05) is 0 Å². The Morgan fingerprint density at radius 3 is 1.26 bits per heavy atom. The van der Waals surface area contributed by atoms with Crippen LogP contribution in [-0.4, -0.2) is 54.7 Å². The van der Waals surface area contributed by atoms with Gasteiger partial charge in [-0.05, 0) is 0 Å². The fourth-order valence-electron chi connectivity index (χ4n) is 2.27. The Kier molecular flexibility index (Phi) is 10.5. The fourth-order valence-corrected chi connectivity index (χ4v) is 2.94. The summed E-state index contributed by atoms with van der Waals surface area (Å²) >= 11 is 0. The van der Waals surface area contributed by atoms with Gasteiger partial charge in [0.05, 0.1) is 0 Å². The zero-order chi connectivity index (χ0) is 33.3. The van der Waals surface area contributed by atoms with E-state index in [-0.39, 0.29) is 18.9 Å². The van der Waals surface area contributed by atoms with Crippen LogP contribution in [-0.2, 0) is 10.1 Å². The van der Waals surface area contributed by atoms with Gasteiger partial charge in [-0.3, -0.25) is 0 Å². The molecule has 0 N–H and O–H groups in total. The summed E-state index contributed by atoms with van der Waals surface area (Å²) in [6.45, 7) is 0. The third-order valence-electron chi connectivity index (χ3n) is 4.40. The average molecular weight is 682 g/mol. The summed E-state index contributed by atoms with van der Waals surface area (Å²) in [6, 6.07) is -4.56. The Labute approximate surface area is 227 Å². The van der Waals surface area contributed by atoms with E-state index < -0.39 is 97.6 Å². The molecule has 42 heavy (non-hydrogen) atoms. The van der Waals surface area contributed by atoms with Crippen molar-refractivity contribution in [3.8, 4) is 5.75 Å². The molecule has 0 radical (unpaired) electrons. The maximum atomic E-state index is 13.7. The molecule has 0 aliphatic rings. The third kappa shape index (κ3) is 5.58. The molecule has 0 bridgehead atoms. The first-order valence-electron chi connectivity index (χ1n) is 8.58. The van der Waals surface area contributed by atoms with Gasteiger partial charge in [0, 0.05) is 0 Å². The van der Waals surface area contributed by atoms with Crippen LogP contribution in [0.4, 0.5) is 92.2 Å². The quantitative estimate of drug-likeness (QED) is 0.0988. The minimum Gasteiger partial charge on any atom is -0.744 e. The first kappa shape index (κ1) is 39.8. The molecule has 1 aromatic carbocycles. The van der Waals surface area contributed by atoms with Gasteiger partial charge < -0.3 is 9.29 Å². The number of benzene rings is 1. The van der Waals surface area contributed by atoms with Gasteiger partial charge in [0.15, 0.2) is 17.4 Å². The molecule has 0 saturated heterocycles. The van der Waals surface area contributed by atoms with E-state index in [2.05, 4.69) is 4.74 Å². The van der Waals surface area contributed by atoms with Crippen LogP contribution in [0.2, 0.25) is 0 Å². The zero-order valence-corrected chi connectivity index (χ0v) is 19.3. The summed E-state index contributed by atoms with van der Waals surface area (Å²) < 4.78 is 312. The molecule has 0 fully saturated rings. The smallest absolute Gasteiger partial charge is 0.744 e. The summed E-state index contributed by atoms with van der Waals surface area (Å²) in [5.74, 6) is -74.2. The van der Waals surface area contributed by atoms with Crippen molar-refractivity contribution in [2.45, 2.75) is 46.6 Å². The summed E-state index contributed by atoms with van der Waals surface area (Å²) in [5, 5.41) is 0. The van der Waals surface area contributed by atoms with E-state index in [0.29, 0.717) is 0 Å². The standard InChI is InChI=1S/C15HF21O4S.Li/c16-1-2(17)4(19)6(41(37,38)39)5(3(1)18)40-8(21)7(20)9(22,23)10(24,25)11(26,27)12(28,29)13(30,31)14(32,33)15(34,35)36;/h(H,37,38,39);/q;+1/p-1. The topological polar surface area (TPSA) is 66.4 Å². The van der Waals surface area contributed by atoms with Gasteiger partial charge >= 0.3 is 66.6 Å². The molecule has 238 valence electrons. The largest absolute Gasteiger partial charge is 1.00 e. The minimum atomic E-state index is -8.96. The normalized spacial score (nSPS) is 15.3. The average Bonchev–Trinajstić information content (AvgIpc) is 2.78. The van der Waals surface area contributed by atoms with E-state index in [1.54, 1.807) is 0 Å². The zero-order valence-electron chi connectivity index (χ0n) is 18.5. The van der Waals surface area contributed by atoms with Crippen molar-refractivity contribution in [1.29, 1.82) is 0 Å². The SMILES string of the molecule is O=S(=O)([O-])c1c(F)c(F)c(F)c(F)c1OC(F)=C(F)C(F)(F)C(F)(F)C(F)(F)C(F)(F)C(F)(F)C(F)(F)C(F)(F)F.[Li+]. The molecule has 1 rings (SSSR count). The summed E-state index contributed by atoms with van der Waals surface area (Å²) in [7, 11) is -6.86. The third-order valence-corrected chi connectivity index (χ3v) is 5.27. The maximum Gasteiger partial charge on any atom is 1.00 e.